The van der Waals surface area contributed by atoms with E-state index in [1.165, 1.54) is 17.3 Å². The lowest BCUT2D eigenvalue weighted by Crippen LogP contribution is -2.15. The molecule has 1 aliphatic carbocycles. The molecule has 1 aromatic heterocycles. The fourth-order valence-corrected chi connectivity index (χ4v) is 4.50. The number of aromatic nitrogens is 3. The zero-order chi connectivity index (χ0) is 20.4. The Morgan fingerprint density at radius 3 is 2.66 bits per heavy atom. The Morgan fingerprint density at radius 1 is 1.17 bits per heavy atom. The molecule has 29 heavy (non-hydrogen) atoms. The highest BCUT2D eigenvalue weighted by Gasteiger charge is 2.43. The van der Waals surface area contributed by atoms with Crippen LogP contribution in [0.4, 0.5) is 5.69 Å². The third kappa shape index (κ3) is 4.49. The van der Waals surface area contributed by atoms with Crippen LogP contribution in [-0.4, -0.2) is 26.4 Å². The van der Waals surface area contributed by atoms with E-state index in [4.69, 9.17) is 11.6 Å². The summed E-state index contributed by atoms with van der Waals surface area (Å²) in [6.45, 7) is 4.85. The van der Waals surface area contributed by atoms with Crippen molar-refractivity contribution in [3.63, 3.8) is 0 Å². The first-order valence-corrected chi connectivity index (χ1v) is 11.1. The minimum absolute atomic E-state index is 0.0398. The summed E-state index contributed by atoms with van der Waals surface area (Å²) >= 11 is 7.43. The molecule has 1 fully saturated rings. The molecule has 150 valence electrons. The van der Waals surface area contributed by atoms with Gasteiger partial charge in [-0.15, -0.1) is 10.2 Å². The number of para-hydroxylation sites is 1. The molecular weight excluding hydrogens is 404 g/mol. The molecule has 1 saturated carbocycles. The first kappa shape index (κ1) is 20.0. The quantitative estimate of drug-likeness (QED) is 0.523. The van der Waals surface area contributed by atoms with Crippen LogP contribution in [0.3, 0.4) is 0 Å². The lowest BCUT2D eigenvalue weighted by atomic mass is 10.1. The second-order valence-corrected chi connectivity index (χ2v) is 8.62. The van der Waals surface area contributed by atoms with E-state index < -0.39 is 0 Å². The number of carbonyl (C=O) groups is 1. The number of aryl methyl sites for hydroxylation is 1. The molecule has 1 heterocycles. The van der Waals surface area contributed by atoms with E-state index in [1.807, 2.05) is 43.3 Å². The van der Waals surface area contributed by atoms with Crippen molar-refractivity contribution in [2.75, 3.05) is 11.1 Å². The number of nitrogens with one attached hydrogen (secondary N) is 1. The number of hydrogen-bond acceptors (Lipinski definition) is 4. The summed E-state index contributed by atoms with van der Waals surface area (Å²) in [6.07, 6.45) is 1.07. The summed E-state index contributed by atoms with van der Waals surface area (Å²) in [5.74, 6) is 2.11. The van der Waals surface area contributed by atoms with Gasteiger partial charge in [0.25, 0.3) is 0 Å². The van der Waals surface area contributed by atoms with Crippen LogP contribution in [0.2, 0.25) is 5.02 Å². The molecule has 3 aromatic rings. The number of thioether (sulfide) groups is 1. The van der Waals surface area contributed by atoms with Gasteiger partial charge in [0.05, 0.1) is 5.75 Å². The SMILES string of the molecule is CCn1c(SCC(=O)Nc2ccccc2C)nnc1[C@H]1C[C@H]1c1ccc(Cl)cc1. The molecule has 7 heteroatoms. The van der Waals surface area contributed by atoms with Crippen LogP contribution >= 0.6 is 23.4 Å². The van der Waals surface area contributed by atoms with E-state index in [0.717, 1.165) is 40.2 Å². The van der Waals surface area contributed by atoms with Gasteiger partial charge in [-0.1, -0.05) is 53.7 Å². The number of carbonyl (C=O) groups excluding carboxylic acids is 1. The Balaban J connectivity index is 1.40. The second kappa shape index (κ2) is 8.59. The van der Waals surface area contributed by atoms with E-state index in [-0.39, 0.29) is 5.91 Å². The number of benzene rings is 2. The maximum atomic E-state index is 12.4. The molecule has 0 unspecified atom stereocenters. The lowest BCUT2D eigenvalue weighted by molar-refractivity contribution is -0.113. The van der Waals surface area contributed by atoms with Crippen LogP contribution in [0.1, 0.15) is 42.1 Å². The average Bonchev–Trinajstić information content (AvgIpc) is 3.40. The Hall–Kier alpha value is -2.31. The fourth-order valence-electron chi connectivity index (χ4n) is 3.57. The van der Waals surface area contributed by atoms with E-state index in [1.54, 1.807) is 0 Å². The van der Waals surface area contributed by atoms with E-state index in [2.05, 4.69) is 39.1 Å². The van der Waals surface area contributed by atoms with Crippen molar-refractivity contribution in [3.05, 3.63) is 70.5 Å². The van der Waals surface area contributed by atoms with Gasteiger partial charge < -0.3 is 9.88 Å². The van der Waals surface area contributed by atoms with Crippen LogP contribution in [-0.2, 0) is 11.3 Å². The highest BCUT2D eigenvalue weighted by atomic mass is 35.5. The molecular formula is C22H23ClN4OS. The molecule has 2 atom stereocenters. The largest absolute Gasteiger partial charge is 0.325 e. The van der Waals surface area contributed by atoms with Gasteiger partial charge in [0.15, 0.2) is 5.16 Å². The Bertz CT molecular complexity index is 1020. The maximum absolute atomic E-state index is 12.4. The number of anilines is 1. The van der Waals surface area contributed by atoms with Crippen LogP contribution in [0.25, 0.3) is 0 Å². The minimum atomic E-state index is -0.0398. The number of hydrogen-bond donors (Lipinski definition) is 1. The van der Waals surface area contributed by atoms with Crippen LogP contribution in [0.15, 0.2) is 53.7 Å². The van der Waals surface area contributed by atoms with Crippen molar-refractivity contribution in [1.82, 2.24) is 14.8 Å². The summed E-state index contributed by atoms with van der Waals surface area (Å²) < 4.78 is 2.13. The normalized spacial score (nSPS) is 17.9. The van der Waals surface area contributed by atoms with Crippen molar-refractivity contribution in [2.24, 2.45) is 0 Å². The Morgan fingerprint density at radius 2 is 1.93 bits per heavy atom. The molecule has 4 rings (SSSR count). The van der Waals surface area contributed by atoms with Crippen LogP contribution in [0, 0.1) is 6.92 Å². The first-order valence-electron chi connectivity index (χ1n) is 9.73. The van der Waals surface area contributed by atoms with Crippen LogP contribution in [0.5, 0.6) is 0 Å². The van der Waals surface area contributed by atoms with Gasteiger partial charge in [-0.05, 0) is 55.5 Å². The fraction of sp³-hybridized carbons (Fsp3) is 0.318. The monoisotopic (exact) mass is 426 g/mol. The topological polar surface area (TPSA) is 59.8 Å². The van der Waals surface area contributed by atoms with Crippen molar-refractivity contribution >= 4 is 35.0 Å². The van der Waals surface area contributed by atoms with Gasteiger partial charge in [-0.3, -0.25) is 4.79 Å². The number of rotatable bonds is 7. The molecule has 1 aliphatic rings. The third-order valence-corrected chi connectivity index (χ3v) is 6.45. The average molecular weight is 427 g/mol. The number of amides is 1. The molecule has 0 saturated heterocycles. The zero-order valence-electron chi connectivity index (χ0n) is 16.4. The predicted octanol–water partition coefficient (Wildman–Crippen LogP) is 5.26. The molecule has 0 aliphatic heterocycles. The molecule has 0 radical (unpaired) electrons. The lowest BCUT2D eigenvalue weighted by Gasteiger charge is -2.09. The molecule has 0 spiro atoms. The summed E-state index contributed by atoms with van der Waals surface area (Å²) in [4.78, 5) is 12.4. The van der Waals surface area contributed by atoms with E-state index >= 15 is 0 Å². The van der Waals surface area contributed by atoms with Crippen molar-refractivity contribution in [2.45, 2.75) is 43.8 Å². The van der Waals surface area contributed by atoms with Gasteiger partial charge in [-0.2, -0.15) is 0 Å². The first-order chi connectivity index (χ1) is 14.1. The minimum Gasteiger partial charge on any atom is -0.325 e. The summed E-state index contributed by atoms with van der Waals surface area (Å²) in [6, 6.07) is 15.8. The molecule has 1 N–H and O–H groups in total. The number of nitrogens with zero attached hydrogens (tertiary/aromatic N) is 3. The molecule has 5 nitrogen and oxygen atoms in total. The van der Waals surface area contributed by atoms with Gasteiger partial charge in [0.1, 0.15) is 5.82 Å². The van der Waals surface area contributed by atoms with E-state index in [9.17, 15) is 4.79 Å². The highest BCUT2D eigenvalue weighted by Crippen LogP contribution is 2.54. The van der Waals surface area contributed by atoms with Gasteiger partial charge in [0.2, 0.25) is 5.91 Å². The van der Waals surface area contributed by atoms with Crippen molar-refractivity contribution in [1.29, 1.82) is 0 Å². The van der Waals surface area contributed by atoms with Gasteiger partial charge in [0, 0.05) is 23.2 Å². The van der Waals surface area contributed by atoms with Crippen molar-refractivity contribution in [3.8, 4) is 0 Å². The third-order valence-electron chi connectivity index (χ3n) is 5.23. The predicted molar refractivity (Wildman–Crippen MR) is 118 cm³/mol. The number of halogens is 1. The molecule has 2 aromatic carbocycles. The Labute approximate surface area is 179 Å². The second-order valence-electron chi connectivity index (χ2n) is 7.24. The Kier molecular flexibility index (Phi) is 5.92. The van der Waals surface area contributed by atoms with E-state index in [0.29, 0.717) is 17.6 Å². The highest BCUT2D eigenvalue weighted by molar-refractivity contribution is 7.99. The standard InChI is InChI=1S/C22H23ClN4OS/c1-3-27-21(18-12-17(18)15-8-10-16(23)11-9-15)25-26-22(27)29-13-20(28)24-19-7-5-4-6-14(19)2/h4-11,17-18H,3,12-13H2,1-2H3,(H,24,28)/t17-,18-/m0/s1. The molecule has 0 bridgehead atoms. The summed E-state index contributed by atoms with van der Waals surface area (Å²) in [7, 11) is 0. The summed E-state index contributed by atoms with van der Waals surface area (Å²) in [5.41, 5.74) is 3.18. The van der Waals surface area contributed by atoms with Crippen LogP contribution < -0.4 is 5.32 Å². The maximum Gasteiger partial charge on any atom is 0.234 e. The zero-order valence-corrected chi connectivity index (χ0v) is 18.0. The molecule has 1 amide bonds. The summed E-state index contributed by atoms with van der Waals surface area (Å²) in [5, 5.41) is 13.3. The van der Waals surface area contributed by atoms with Gasteiger partial charge in [-0.25, -0.2) is 0 Å². The smallest absolute Gasteiger partial charge is 0.234 e. The van der Waals surface area contributed by atoms with Crippen molar-refractivity contribution < 1.29 is 4.79 Å². The van der Waals surface area contributed by atoms with Gasteiger partial charge >= 0.3 is 0 Å².